The summed E-state index contributed by atoms with van der Waals surface area (Å²) >= 11 is 5.98. The summed E-state index contributed by atoms with van der Waals surface area (Å²) in [4.78, 5) is 0. The van der Waals surface area contributed by atoms with Gasteiger partial charge in [0.05, 0.1) is 11.6 Å². The molecule has 0 radical (unpaired) electrons. The van der Waals surface area contributed by atoms with E-state index >= 15 is 0 Å². The molecule has 0 amide bonds. The van der Waals surface area contributed by atoms with Crippen molar-refractivity contribution in [2.75, 3.05) is 7.05 Å². The largest absolute Gasteiger partial charge is 0.484 e. The van der Waals surface area contributed by atoms with Crippen LogP contribution in [0.4, 0.5) is 0 Å². The second-order valence-corrected chi connectivity index (χ2v) is 4.02. The normalized spacial score (nSPS) is 10.5. The number of halogens is 1. The van der Waals surface area contributed by atoms with Gasteiger partial charge in [-0.25, -0.2) is 0 Å². The van der Waals surface area contributed by atoms with Crippen LogP contribution in [0.5, 0.6) is 5.75 Å². The molecule has 0 aliphatic carbocycles. The Morgan fingerprint density at radius 1 is 1.18 bits per heavy atom. The Hall–Kier alpha value is -1.45. The third-order valence-electron chi connectivity index (χ3n) is 2.27. The molecule has 90 valence electrons. The Labute approximate surface area is 105 Å². The molecule has 1 heterocycles. The number of rotatable bonds is 5. The Morgan fingerprint density at radius 2 is 1.94 bits per heavy atom. The van der Waals surface area contributed by atoms with Crippen molar-refractivity contribution in [1.29, 1.82) is 0 Å². The lowest BCUT2D eigenvalue weighted by molar-refractivity contribution is 0.265. The fourth-order valence-electron chi connectivity index (χ4n) is 1.48. The maximum atomic E-state index is 5.98. The molecule has 2 aromatic rings. The van der Waals surface area contributed by atoms with Crippen molar-refractivity contribution in [3.05, 3.63) is 52.9 Å². The third kappa shape index (κ3) is 3.25. The monoisotopic (exact) mass is 251 g/mol. The lowest BCUT2D eigenvalue weighted by atomic mass is 10.3. The molecule has 2 rings (SSSR count). The molecule has 17 heavy (non-hydrogen) atoms. The fourth-order valence-corrected chi connectivity index (χ4v) is 1.67. The van der Waals surface area contributed by atoms with E-state index in [0.29, 0.717) is 23.9 Å². The fraction of sp³-hybridized carbons (Fsp3) is 0.231. The summed E-state index contributed by atoms with van der Waals surface area (Å²) in [5, 5.41) is 3.63. The molecule has 1 N–H and O–H groups in total. The van der Waals surface area contributed by atoms with Crippen LogP contribution in [0.2, 0.25) is 5.02 Å². The van der Waals surface area contributed by atoms with Crippen LogP contribution in [0.1, 0.15) is 11.5 Å². The first-order valence-corrected chi connectivity index (χ1v) is 5.77. The van der Waals surface area contributed by atoms with Crippen molar-refractivity contribution in [1.82, 2.24) is 5.32 Å². The Morgan fingerprint density at radius 3 is 2.71 bits per heavy atom. The van der Waals surface area contributed by atoms with Gasteiger partial charge in [-0.1, -0.05) is 23.7 Å². The number of furan rings is 1. The smallest absolute Gasteiger partial charge is 0.146 e. The zero-order valence-electron chi connectivity index (χ0n) is 9.57. The van der Waals surface area contributed by atoms with E-state index in [0.717, 1.165) is 11.5 Å². The molecule has 1 aromatic heterocycles. The van der Waals surface area contributed by atoms with Crippen LogP contribution in [0.25, 0.3) is 0 Å². The van der Waals surface area contributed by atoms with Crippen molar-refractivity contribution in [3.8, 4) is 5.75 Å². The van der Waals surface area contributed by atoms with Gasteiger partial charge in [-0.15, -0.1) is 0 Å². The molecule has 4 heteroatoms. The lowest BCUT2D eigenvalue weighted by Crippen LogP contribution is -2.03. The van der Waals surface area contributed by atoms with Crippen molar-refractivity contribution in [2.45, 2.75) is 13.2 Å². The van der Waals surface area contributed by atoms with Gasteiger partial charge in [-0.05, 0) is 31.3 Å². The molecule has 0 saturated heterocycles. The number of nitrogens with one attached hydrogen (secondary N) is 1. The number of hydrogen-bond acceptors (Lipinski definition) is 3. The molecular weight excluding hydrogens is 238 g/mol. The van der Waals surface area contributed by atoms with Crippen LogP contribution in [0.15, 0.2) is 40.8 Å². The molecule has 0 atom stereocenters. The molecule has 0 aliphatic heterocycles. The number of para-hydroxylation sites is 1. The SMILES string of the molecule is CNCc1ccc(COc2ccccc2Cl)o1. The van der Waals surface area contributed by atoms with Gasteiger partial charge in [-0.3, -0.25) is 0 Å². The van der Waals surface area contributed by atoms with Gasteiger partial charge in [0, 0.05) is 0 Å². The van der Waals surface area contributed by atoms with Crippen LogP contribution < -0.4 is 10.1 Å². The minimum Gasteiger partial charge on any atom is -0.484 e. The van der Waals surface area contributed by atoms with E-state index in [4.69, 9.17) is 20.8 Å². The highest BCUT2D eigenvalue weighted by Crippen LogP contribution is 2.24. The summed E-state index contributed by atoms with van der Waals surface area (Å²) in [7, 11) is 1.88. The van der Waals surface area contributed by atoms with Crippen LogP contribution in [-0.2, 0) is 13.2 Å². The number of hydrogen-bond donors (Lipinski definition) is 1. The average Bonchev–Trinajstić information content (AvgIpc) is 2.76. The summed E-state index contributed by atoms with van der Waals surface area (Å²) in [6.07, 6.45) is 0. The van der Waals surface area contributed by atoms with Crippen molar-refractivity contribution < 1.29 is 9.15 Å². The average molecular weight is 252 g/mol. The van der Waals surface area contributed by atoms with Crippen molar-refractivity contribution >= 4 is 11.6 Å². The first-order chi connectivity index (χ1) is 8.29. The van der Waals surface area contributed by atoms with E-state index in [1.807, 2.05) is 37.4 Å². The van der Waals surface area contributed by atoms with Crippen LogP contribution >= 0.6 is 11.6 Å². The summed E-state index contributed by atoms with van der Waals surface area (Å²) in [5.74, 6) is 2.35. The third-order valence-corrected chi connectivity index (χ3v) is 2.59. The predicted molar refractivity (Wildman–Crippen MR) is 67.3 cm³/mol. The van der Waals surface area contributed by atoms with Gasteiger partial charge in [0.15, 0.2) is 0 Å². The highest BCUT2D eigenvalue weighted by molar-refractivity contribution is 6.32. The molecule has 0 fully saturated rings. The molecule has 0 unspecified atom stereocenters. The Balaban J connectivity index is 1.95. The highest BCUT2D eigenvalue weighted by atomic mass is 35.5. The van der Waals surface area contributed by atoms with E-state index in [1.165, 1.54) is 0 Å². The molecular formula is C13H14ClNO2. The Bertz CT molecular complexity index is 482. The van der Waals surface area contributed by atoms with E-state index < -0.39 is 0 Å². The van der Waals surface area contributed by atoms with Gasteiger partial charge in [-0.2, -0.15) is 0 Å². The molecule has 0 spiro atoms. The molecule has 3 nitrogen and oxygen atoms in total. The van der Waals surface area contributed by atoms with Gasteiger partial charge in [0.2, 0.25) is 0 Å². The first-order valence-electron chi connectivity index (χ1n) is 5.39. The number of ether oxygens (including phenoxy) is 1. The maximum Gasteiger partial charge on any atom is 0.146 e. The standard InChI is InChI=1S/C13H14ClNO2/c1-15-8-10-6-7-11(17-10)9-16-13-5-3-2-4-12(13)14/h2-7,15H,8-9H2,1H3. The summed E-state index contributed by atoms with van der Waals surface area (Å²) < 4.78 is 11.1. The zero-order valence-corrected chi connectivity index (χ0v) is 10.3. The molecule has 1 aromatic carbocycles. The molecule has 0 bridgehead atoms. The van der Waals surface area contributed by atoms with Gasteiger partial charge >= 0.3 is 0 Å². The summed E-state index contributed by atoms with van der Waals surface area (Å²) in [6, 6.07) is 11.2. The zero-order chi connectivity index (χ0) is 12.1. The quantitative estimate of drug-likeness (QED) is 0.886. The second-order valence-electron chi connectivity index (χ2n) is 3.62. The van der Waals surface area contributed by atoms with Gasteiger partial charge in [0.1, 0.15) is 23.9 Å². The molecule has 0 aliphatic rings. The predicted octanol–water partition coefficient (Wildman–Crippen LogP) is 3.23. The minimum atomic E-state index is 0.382. The highest BCUT2D eigenvalue weighted by Gasteiger charge is 2.04. The van der Waals surface area contributed by atoms with Crippen LogP contribution in [0, 0.1) is 0 Å². The van der Waals surface area contributed by atoms with Crippen LogP contribution in [0.3, 0.4) is 0 Å². The van der Waals surface area contributed by atoms with Crippen LogP contribution in [-0.4, -0.2) is 7.05 Å². The number of benzene rings is 1. The van der Waals surface area contributed by atoms with E-state index in [2.05, 4.69) is 5.32 Å². The first kappa shape index (κ1) is 12.0. The minimum absolute atomic E-state index is 0.382. The maximum absolute atomic E-state index is 5.98. The van der Waals surface area contributed by atoms with E-state index in [1.54, 1.807) is 6.07 Å². The van der Waals surface area contributed by atoms with Gasteiger partial charge in [0.25, 0.3) is 0 Å². The lowest BCUT2D eigenvalue weighted by Gasteiger charge is -2.05. The second kappa shape index (κ2) is 5.75. The molecule has 0 saturated carbocycles. The van der Waals surface area contributed by atoms with Gasteiger partial charge < -0.3 is 14.5 Å². The van der Waals surface area contributed by atoms with Crippen molar-refractivity contribution in [3.63, 3.8) is 0 Å². The van der Waals surface area contributed by atoms with E-state index in [9.17, 15) is 0 Å². The summed E-state index contributed by atoms with van der Waals surface area (Å²) in [6.45, 7) is 1.10. The summed E-state index contributed by atoms with van der Waals surface area (Å²) in [5.41, 5.74) is 0. The van der Waals surface area contributed by atoms with Crippen molar-refractivity contribution in [2.24, 2.45) is 0 Å². The topological polar surface area (TPSA) is 34.4 Å². The Kier molecular flexibility index (Phi) is 4.07. The van der Waals surface area contributed by atoms with E-state index in [-0.39, 0.29) is 0 Å².